The fraction of sp³-hybridized carbons (Fsp3) is 0.625. The van der Waals surface area contributed by atoms with Crippen LogP contribution in [-0.2, 0) is 25.5 Å². The van der Waals surface area contributed by atoms with Crippen LogP contribution in [0.2, 0.25) is 0 Å². The lowest BCUT2D eigenvalue weighted by molar-refractivity contribution is -0.153. The molecule has 37 heavy (non-hydrogen) atoms. The van der Waals surface area contributed by atoms with Crippen molar-refractivity contribution < 1.29 is 24.2 Å². The van der Waals surface area contributed by atoms with E-state index in [1.165, 1.54) is 43.2 Å². The molecule has 2 unspecified atom stereocenters. The number of carbonyl (C=O) groups excluding carboxylic acids is 2. The fourth-order valence-electron chi connectivity index (χ4n) is 4.82. The quantitative estimate of drug-likeness (QED) is 0.148. The Morgan fingerprint density at radius 3 is 2.30 bits per heavy atom. The monoisotopic (exact) mass is 512 g/mol. The number of benzene rings is 1. The summed E-state index contributed by atoms with van der Waals surface area (Å²) in [5, 5.41) is 9.21. The highest BCUT2D eigenvalue weighted by Gasteiger charge is 2.29. The third kappa shape index (κ3) is 11.7. The maximum Gasteiger partial charge on any atom is 0.333 e. The average molecular weight is 513 g/mol. The van der Waals surface area contributed by atoms with E-state index in [9.17, 15) is 14.7 Å². The van der Waals surface area contributed by atoms with E-state index < -0.39 is 17.9 Å². The first-order valence-electron chi connectivity index (χ1n) is 14.2. The van der Waals surface area contributed by atoms with Gasteiger partial charge in [-0.05, 0) is 75.3 Å². The largest absolute Gasteiger partial charge is 0.465 e. The molecule has 2 rings (SSSR count). The molecule has 0 bridgehead atoms. The van der Waals surface area contributed by atoms with Gasteiger partial charge in [-0.25, -0.2) is 4.79 Å². The van der Waals surface area contributed by atoms with Crippen molar-refractivity contribution in [1.29, 1.82) is 0 Å². The zero-order valence-electron chi connectivity index (χ0n) is 23.3. The number of aryl methyl sites for hydroxylation is 1. The minimum absolute atomic E-state index is 0.0578. The van der Waals surface area contributed by atoms with Crippen LogP contribution in [0.1, 0.15) is 89.7 Å². The Bertz CT molecular complexity index is 848. The summed E-state index contributed by atoms with van der Waals surface area (Å²) in [4.78, 5) is 24.0. The van der Waals surface area contributed by atoms with E-state index in [1.54, 1.807) is 13.8 Å². The lowest BCUT2D eigenvalue weighted by Gasteiger charge is -2.32. The summed E-state index contributed by atoms with van der Waals surface area (Å²) in [6, 6.07) is 8.95. The first-order valence-corrected chi connectivity index (χ1v) is 14.2. The minimum Gasteiger partial charge on any atom is -0.465 e. The van der Waals surface area contributed by atoms with Gasteiger partial charge in [0.15, 0.2) is 0 Å². The van der Waals surface area contributed by atoms with Crippen LogP contribution in [0, 0.1) is 23.7 Å². The minimum atomic E-state index is -0.556. The maximum atomic E-state index is 12.1. The van der Waals surface area contributed by atoms with Gasteiger partial charge in [-0.2, -0.15) is 0 Å². The SMILES string of the molecule is C=C(C)C(=O)OCC(COC(=O)C(C)CO)C1CCC(/C=C/c2ccc(CCCCCCC)cc2)CC1. The van der Waals surface area contributed by atoms with Gasteiger partial charge in [0, 0.05) is 11.5 Å². The van der Waals surface area contributed by atoms with Crippen molar-refractivity contribution in [2.75, 3.05) is 19.8 Å². The number of hydrogen-bond donors (Lipinski definition) is 1. The molecular weight excluding hydrogens is 464 g/mol. The molecular formula is C32H48O5. The Kier molecular flexibility index (Phi) is 14.3. The number of aliphatic hydroxyl groups excluding tert-OH is 1. The molecule has 1 aromatic rings. The Balaban J connectivity index is 1.84. The summed E-state index contributed by atoms with van der Waals surface area (Å²) in [6.07, 6.45) is 16.4. The van der Waals surface area contributed by atoms with Gasteiger partial charge in [0.05, 0.1) is 25.7 Å². The van der Waals surface area contributed by atoms with Gasteiger partial charge in [-0.15, -0.1) is 0 Å². The van der Waals surface area contributed by atoms with Crippen LogP contribution in [0.3, 0.4) is 0 Å². The summed E-state index contributed by atoms with van der Waals surface area (Å²) >= 11 is 0. The summed E-state index contributed by atoms with van der Waals surface area (Å²) in [7, 11) is 0. The second kappa shape index (κ2) is 17.2. The molecule has 1 aliphatic rings. The van der Waals surface area contributed by atoms with E-state index in [0.717, 1.165) is 32.1 Å². The summed E-state index contributed by atoms with van der Waals surface area (Å²) in [5.74, 6) is -0.615. The zero-order valence-corrected chi connectivity index (χ0v) is 23.3. The van der Waals surface area contributed by atoms with E-state index >= 15 is 0 Å². The number of unbranched alkanes of at least 4 members (excludes halogenated alkanes) is 4. The lowest BCUT2D eigenvalue weighted by Crippen LogP contribution is -2.31. The van der Waals surface area contributed by atoms with E-state index in [2.05, 4.69) is 49.9 Å². The first kappa shape index (κ1) is 30.8. The third-order valence-electron chi connectivity index (χ3n) is 7.49. The lowest BCUT2D eigenvalue weighted by atomic mass is 9.76. The van der Waals surface area contributed by atoms with Crippen LogP contribution < -0.4 is 0 Å². The first-order chi connectivity index (χ1) is 17.8. The molecule has 5 nitrogen and oxygen atoms in total. The molecule has 0 spiro atoms. The van der Waals surface area contributed by atoms with Gasteiger partial charge in [0.2, 0.25) is 0 Å². The molecule has 1 N–H and O–H groups in total. The predicted molar refractivity (Wildman–Crippen MR) is 150 cm³/mol. The van der Waals surface area contributed by atoms with E-state index in [0.29, 0.717) is 17.4 Å². The molecule has 0 aromatic heterocycles. The fourth-order valence-corrected chi connectivity index (χ4v) is 4.82. The zero-order chi connectivity index (χ0) is 27.0. The van der Waals surface area contributed by atoms with Gasteiger partial charge in [0.1, 0.15) is 0 Å². The molecule has 0 heterocycles. The van der Waals surface area contributed by atoms with Crippen LogP contribution in [0.5, 0.6) is 0 Å². The molecule has 1 aliphatic carbocycles. The van der Waals surface area contributed by atoms with Crippen LogP contribution in [0.4, 0.5) is 0 Å². The average Bonchev–Trinajstić information content (AvgIpc) is 2.92. The molecule has 0 saturated heterocycles. The van der Waals surface area contributed by atoms with Crippen molar-refractivity contribution >= 4 is 18.0 Å². The highest BCUT2D eigenvalue weighted by Crippen LogP contribution is 2.35. The van der Waals surface area contributed by atoms with Crippen LogP contribution in [0.15, 0.2) is 42.5 Å². The molecule has 1 aromatic carbocycles. The van der Waals surface area contributed by atoms with Gasteiger partial charge in [-0.3, -0.25) is 4.79 Å². The number of esters is 2. The number of carbonyl (C=O) groups is 2. The summed E-state index contributed by atoms with van der Waals surface area (Å²) < 4.78 is 10.9. The normalized spacial score (nSPS) is 19.4. The van der Waals surface area contributed by atoms with Crippen molar-refractivity contribution in [3.8, 4) is 0 Å². The van der Waals surface area contributed by atoms with E-state index in [-0.39, 0.29) is 25.7 Å². The highest BCUT2D eigenvalue weighted by atomic mass is 16.5. The van der Waals surface area contributed by atoms with Crippen molar-refractivity contribution in [1.82, 2.24) is 0 Å². The van der Waals surface area contributed by atoms with Gasteiger partial charge < -0.3 is 14.6 Å². The maximum absolute atomic E-state index is 12.1. The molecule has 0 aliphatic heterocycles. The second-order valence-corrected chi connectivity index (χ2v) is 10.8. The van der Waals surface area contributed by atoms with Crippen molar-refractivity contribution in [3.63, 3.8) is 0 Å². The number of ether oxygens (including phenoxy) is 2. The molecule has 0 amide bonds. The van der Waals surface area contributed by atoms with Gasteiger partial charge in [-0.1, -0.05) is 75.6 Å². The number of allylic oxidation sites excluding steroid dienone is 1. The molecule has 206 valence electrons. The van der Waals surface area contributed by atoms with Gasteiger partial charge >= 0.3 is 11.9 Å². The van der Waals surface area contributed by atoms with E-state index in [1.807, 2.05) is 0 Å². The van der Waals surface area contributed by atoms with Crippen LogP contribution in [0.25, 0.3) is 6.08 Å². The Morgan fingerprint density at radius 1 is 1.03 bits per heavy atom. The molecule has 0 radical (unpaired) electrons. The summed E-state index contributed by atoms with van der Waals surface area (Å²) in [6.45, 7) is 9.32. The van der Waals surface area contributed by atoms with Gasteiger partial charge in [0.25, 0.3) is 0 Å². The third-order valence-corrected chi connectivity index (χ3v) is 7.49. The molecule has 5 heteroatoms. The highest BCUT2D eigenvalue weighted by molar-refractivity contribution is 5.86. The van der Waals surface area contributed by atoms with Crippen LogP contribution in [-0.4, -0.2) is 36.9 Å². The predicted octanol–water partition coefficient (Wildman–Crippen LogP) is 6.93. The number of rotatable bonds is 16. The van der Waals surface area contributed by atoms with Crippen LogP contribution >= 0.6 is 0 Å². The van der Waals surface area contributed by atoms with Crippen molar-refractivity contribution in [2.45, 2.75) is 85.0 Å². The Labute approximate surface area is 224 Å². The standard InChI is InChI=1S/C32H48O5/c1-5-6-7-8-9-10-26-11-13-27(14-12-26)15-16-28-17-19-29(20-18-28)30(22-36-31(34)24(2)3)23-37-32(35)25(4)21-33/h11-16,25,28-30,33H,2,5-10,17-23H2,1,3-4H3/b16-15+. The Morgan fingerprint density at radius 2 is 1.68 bits per heavy atom. The Hall–Kier alpha value is -2.40. The molecule has 1 fully saturated rings. The topological polar surface area (TPSA) is 72.8 Å². The molecule has 2 atom stereocenters. The second-order valence-electron chi connectivity index (χ2n) is 10.8. The number of aliphatic hydroxyl groups is 1. The number of hydrogen-bond acceptors (Lipinski definition) is 5. The van der Waals surface area contributed by atoms with Crippen molar-refractivity contribution in [3.05, 3.63) is 53.6 Å². The molecule has 1 saturated carbocycles. The van der Waals surface area contributed by atoms with E-state index in [4.69, 9.17) is 9.47 Å². The smallest absolute Gasteiger partial charge is 0.333 e. The summed E-state index contributed by atoms with van der Waals surface area (Å²) in [5.41, 5.74) is 3.02. The van der Waals surface area contributed by atoms with Crippen molar-refractivity contribution in [2.24, 2.45) is 23.7 Å².